The number of carbonyl (C=O) groups excluding carboxylic acids is 1. The van der Waals surface area contributed by atoms with Crippen molar-refractivity contribution in [3.63, 3.8) is 0 Å². The molecular formula is C23H26ClN5O5S2. The van der Waals surface area contributed by atoms with Crippen molar-refractivity contribution < 1.29 is 21.6 Å². The third-order valence-electron chi connectivity index (χ3n) is 5.14. The summed E-state index contributed by atoms with van der Waals surface area (Å²) in [6, 6.07) is 10.8. The number of hydrogen-bond acceptors (Lipinski definition) is 7. The molecule has 0 radical (unpaired) electrons. The van der Waals surface area contributed by atoms with Crippen LogP contribution in [0.25, 0.3) is 0 Å². The molecule has 2 aromatic carbocycles. The predicted molar refractivity (Wildman–Crippen MR) is 140 cm³/mol. The number of aromatic nitrogens is 2. The second kappa shape index (κ2) is 10.4. The lowest BCUT2D eigenvalue weighted by Crippen LogP contribution is -2.45. The van der Waals surface area contributed by atoms with Crippen LogP contribution in [0.5, 0.6) is 0 Å². The summed E-state index contributed by atoms with van der Waals surface area (Å²) in [6.45, 7) is 6.61. The molecule has 0 saturated carbocycles. The third-order valence-corrected chi connectivity index (χ3v) is 7.94. The Labute approximate surface area is 215 Å². The molecule has 0 aliphatic heterocycles. The van der Waals surface area contributed by atoms with E-state index in [-0.39, 0.29) is 22.2 Å². The van der Waals surface area contributed by atoms with Gasteiger partial charge in [-0.05, 0) is 75.7 Å². The van der Waals surface area contributed by atoms with Gasteiger partial charge in [0.25, 0.3) is 10.0 Å². The summed E-state index contributed by atoms with van der Waals surface area (Å²) < 4.78 is 53.9. The quantitative estimate of drug-likeness (QED) is 0.435. The highest BCUT2D eigenvalue weighted by atomic mass is 35.5. The Morgan fingerprint density at radius 2 is 1.53 bits per heavy atom. The summed E-state index contributed by atoms with van der Waals surface area (Å²) in [4.78, 5) is 21.0. The van der Waals surface area contributed by atoms with Crippen LogP contribution in [0.3, 0.4) is 0 Å². The molecule has 1 aromatic heterocycles. The normalized spacial score (nSPS) is 12.6. The van der Waals surface area contributed by atoms with E-state index in [1.165, 1.54) is 37.3 Å². The SMILES string of the molecule is Cc1cc(C)nc(NS(=O)(=O)c2ccc(NC(=O)C(C)N(c3cc(Cl)ccc3C)S(C)(=O)=O)cc2)n1. The van der Waals surface area contributed by atoms with Gasteiger partial charge in [0, 0.05) is 22.1 Å². The number of nitrogens with one attached hydrogen (secondary N) is 2. The van der Waals surface area contributed by atoms with Gasteiger partial charge in [-0.2, -0.15) is 0 Å². The predicted octanol–water partition coefficient (Wildman–Crippen LogP) is 3.65. The molecule has 2 N–H and O–H groups in total. The number of halogens is 1. The largest absolute Gasteiger partial charge is 0.324 e. The Balaban J connectivity index is 1.80. The third kappa shape index (κ3) is 6.50. The fourth-order valence-corrected chi connectivity index (χ4v) is 5.85. The molecule has 1 unspecified atom stereocenters. The standard InChI is InChI=1S/C23H26ClN5O5S2/c1-14-6-7-18(24)13-21(14)29(35(5,31)32)17(4)22(30)27-19-8-10-20(11-9-19)36(33,34)28-23-25-15(2)12-16(3)26-23/h6-13,17H,1-5H3,(H,27,30)(H,25,26,28). The molecule has 0 saturated heterocycles. The Kier molecular flexibility index (Phi) is 7.91. The average Bonchev–Trinajstić information content (AvgIpc) is 2.74. The summed E-state index contributed by atoms with van der Waals surface area (Å²) in [7, 11) is -7.82. The van der Waals surface area contributed by atoms with Crippen LogP contribution in [0.4, 0.5) is 17.3 Å². The molecule has 1 amide bonds. The molecule has 36 heavy (non-hydrogen) atoms. The summed E-state index contributed by atoms with van der Waals surface area (Å²) in [5.41, 5.74) is 2.42. The van der Waals surface area contributed by atoms with E-state index in [9.17, 15) is 21.6 Å². The second-order valence-corrected chi connectivity index (χ2v) is 12.2. The monoisotopic (exact) mass is 551 g/mol. The molecule has 0 fully saturated rings. The Morgan fingerprint density at radius 3 is 2.08 bits per heavy atom. The molecular weight excluding hydrogens is 526 g/mol. The van der Waals surface area contributed by atoms with Gasteiger partial charge in [-0.25, -0.2) is 31.5 Å². The maximum atomic E-state index is 13.0. The van der Waals surface area contributed by atoms with Crippen LogP contribution in [0.2, 0.25) is 5.02 Å². The van der Waals surface area contributed by atoms with Gasteiger partial charge in [-0.3, -0.25) is 9.10 Å². The molecule has 3 aromatic rings. The summed E-state index contributed by atoms with van der Waals surface area (Å²) in [6.07, 6.45) is 1.00. The minimum atomic E-state index is -3.97. The highest BCUT2D eigenvalue weighted by Gasteiger charge is 2.30. The number of rotatable bonds is 8. The Morgan fingerprint density at radius 1 is 0.944 bits per heavy atom. The van der Waals surface area contributed by atoms with Crippen LogP contribution in [-0.4, -0.2) is 45.0 Å². The van der Waals surface area contributed by atoms with Crippen LogP contribution in [0.1, 0.15) is 23.9 Å². The number of anilines is 3. The van der Waals surface area contributed by atoms with Crippen molar-refractivity contribution in [2.45, 2.75) is 38.6 Å². The lowest BCUT2D eigenvalue weighted by molar-refractivity contribution is -0.116. The molecule has 0 aliphatic rings. The first-order valence-corrected chi connectivity index (χ1v) is 14.4. The zero-order chi connectivity index (χ0) is 26.8. The van der Waals surface area contributed by atoms with Crippen molar-refractivity contribution in [3.05, 3.63) is 70.5 Å². The number of hydrogen-bond donors (Lipinski definition) is 2. The number of sulfonamides is 2. The van der Waals surface area contributed by atoms with Gasteiger partial charge in [-0.15, -0.1) is 0 Å². The molecule has 3 rings (SSSR count). The molecule has 13 heteroatoms. The molecule has 0 bridgehead atoms. The van der Waals surface area contributed by atoms with Crippen LogP contribution in [0.15, 0.2) is 53.4 Å². The first-order valence-electron chi connectivity index (χ1n) is 10.7. The second-order valence-electron chi connectivity index (χ2n) is 8.26. The first-order chi connectivity index (χ1) is 16.7. The number of benzene rings is 2. The average molecular weight is 552 g/mol. The van der Waals surface area contributed by atoms with Crippen molar-refractivity contribution in [2.24, 2.45) is 0 Å². The van der Waals surface area contributed by atoms with E-state index in [2.05, 4.69) is 20.0 Å². The fourth-order valence-electron chi connectivity index (χ4n) is 3.52. The van der Waals surface area contributed by atoms with Crippen molar-refractivity contribution in [3.8, 4) is 0 Å². The fraction of sp³-hybridized carbons (Fsp3) is 0.261. The van der Waals surface area contributed by atoms with Crippen LogP contribution < -0.4 is 14.3 Å². The molecule has 0 spiro atoms. The molecule has 1 atom stereocenters. The zero-order valence-corrected chi connectivity index (χ0v) is 22.7. The van der Waals surface area contributed by atoms with E-state index in [1.54, 1.807) is 39.0 Å². The topological polar surface area (TPSA) is 138 Å². The van der Waals surface area contributed by atoms with E-state index in [4.69, 9.17) is 11.6 Å². The Bertz CT molecular complexity index is 1490. The first kappa shape index (κ1) is 27.4. The van der Waals surface area contributed by atoms with Crippen molar-refractivity contribution in [2.75, 3.05) is 20.6 Å². The zero-order valence-electron chi connectivity index (χ0n) is 20.3. The number of aryl methyl sites for hydroxylation is 3. The van der Waals surface area contributed by atoms with Crippen molar-refractivity contribution in [1.82, 2.24) is 9.97 Å². The maximum Gasteiger partial charge on any atom is 0.264 e. The van der Waals surface area contributed by atoms with Crippen molar-refractivity contribution >= 4 is 54.9 Å². The van der Waals surface area contributed by atoms with Crippen LogP contribution >= 0.6 is 11.6 Å². The highest BCUT2D eigenvalue weighted by Crippen LogP contribution is 2.28. The number of amides is 1. The summed E-state index contributed by atoms with van der Waals surface area (Å²) in [5, 5.41) is 2.95. The van der Waals surface area contributed by atoms with Gasteiger partial charge in [0.2, 0.25) is 21.9 Å². The molecule has 1 heterocycles. The summed E-state index contributed by atoms with van der Waals surface area (Å²) in [5.74, 6) is -0.659. The molecule has 0 aliphatic carbocycles. The van der Waals surface area contributed by atoms with E-state index in [0.29, 0.717) is 22.0 Å². The lowest BCUT2D eigenvalue weighted by atomic mass is 10.1. The molecule has 10 nitrogen and oxygen atoms in total. The minimum Gasteiger partial charge on any atom is -0.324 e. The van der Waals surface area contributed by atoms with Gasteiger partial charge < -0.3 is 5.32 Å². The van der Waals surface area contributed by atoms with Crippen LogP contribution in [-0.2, 0) is 24.8 Å². The smallest absolute Gasteiger partial charge is 0.264 e. The molecule has 192 valence electrons. The number of carbonyl (C=O) groups is 1. The maximum absolute atomic E-state index is 13.0. The van der Waals surface area contributed by atoms with E-state index < -0.39 is 32.0 Å². The van der Waals surface area contributed by atoms with Gasteiger partial charge in [0.05, 0.1) is 16.8 Å². The Hall–Kier alpha value is -3.22. The van der Waals surface area contributed by atoms with Gasteiger partial charge in [0.15, 0.2) is 0 Å². The van der Waals surface area contributed by atoms with Crippen molar-refractivity contribution in [1.29, 1.82) is 0 Å². The number of nitrogens with zero attached hydrogens (tertiary/aromatic N) is 3. The van der Waals surface area contributed by atoms with E-state index in [0.717, 1.165) is 10.6 Å². The van der Waals surface area contributed by atoms with Gasteiger partial charge >= 0.3 is 0 Å². The minimum absolute atomic E-state index is 0.0455. The van der Waals surface area contributed by atoms with E-state index in [1.807, 2.05) is 0 Å². The van der Waals surface area contributed by atoms with Gasteiger partial charge in [0.1, 0.15) is 6.04 Å². The van der Waals surface area contributed by atoms with E-state index >= 15 is 0 Å². The lowest BCUT2D eigenvalue weighted by Gasteiger charge is -2.29. The summed E-state index contributed by atoms with van der Waals surface area (Å²) >= 11 is 6.06. The van der Waals surface area contributed by atoms with Gasteiger partial charge in [-0.1, -0.05) is 17.7 Å². The highest BCUT2D eigenvalue weighted by molar-refractivity contribution is 7.92. The van der Waals surface area contributed by atoms with Crippen LogP contribution in [0, 0.1) is 20.8 Å².